The quantitative estimate of drug-likeness (QED) is 0.410. The van der Waals surface area contributed by atoms with Crippen molar-refractivity contribution in [3.8, 4) is 0 Å². The lowest BCUT2D eigenvalue weighted by atomic mass is 10.0. The number of carbonyl (C=O) groups is 1. The predicted octanol–water partition coefficient (Wildman–Crippen LogP) is 3.81. The van der Waals surface area contributed by atoms with E-state index in [-0.39, 0.29) is 5.56 Å². The number of benzene rings is 3. The van der Waals surface area contributed by atoms with Gasteiger partial charge in [0, 0.05) is 12.1 Å². The standard InChI is InChI=1S/C19H14N4O5/c1-12(14-7-6-13-4-2-3-5-15(13)8-14)20-21-19(24)16-9-17(22(25)26)11-18(10-16)23(27)28/h2-11H,1H3,(H,21,24). The third-order valence-electron chi connectivity index (χ3n) is 4.08. The lowest BCUT2D eigenvalue weighted by Gasteiger charge is -2.05. The summed E-state index contributed by atoms with van der Waals surface area (Å²) in [5, 5.41) is 27.9. The molecule has 0 aliphatic carbocycles. The summed E-state index contributed by atoms with van der Waals surface area (Å²) in [5.74, 6) is -0.785. The Hall–Kier alpha value is -4.14. The Kier molecular flexibility index (Phi) is 5.07. The molecule has 3 rings (SSSR count). The second-order valence-corrected chi connectivity index (χ2v) is 5.95. The number of nitro groups is 2. The number of hydrogen-bond donors (Lipinski definition) is 1. The molecule has 9 heteroatoms. The average Bonchev–Trinajstić information content (AvgIpc) is 2.70. The maximum absolute atomic E-state index is 12.3. The van der Waals surface area contributed by atoms with Crippen molar-refractivity contribution in [1.29, 1.82) is 0 Å². The second kappa shape index (κ2) is 7.62. The lowest BCUT2D eigenvalue weighted by molar-refractivity contribution is -0.394. The van der Waals surface area contributed by atoms with Crippen molar-refractivity contribution in [3.63, 3.8) is 0 Å². The van der Waals surface area contributed by atoms with Crippen LogP contribution in [-0.4, -0.2) is 21.5 Å². The number of fused-ring (bicyclic) bond motifs is 1. The number of rotatable bonds is 5. The van der Waals surface area contributed by atoms with Gasteiger partial charge in [0.2, 0.25) is 0 Å². The Morgan fingerprint density at radius 3 is 2.07 bits per heavy atom. The van der Waals surface area contributed by atoms with Gasteiger partial charge in [-0.2, -0.15) is 5.10 Å². The highest BCUT2D eigenvalue weighted by Gasteiger charge is 2.19. The summed E-state index contributed by atoms with van der Waals surface area (Å²) in [6, 6.07) is 16.2. The summed E-state index contributed by atoms with van der Waals surface area (Å²) < 4.78 is 0. The minimum Gasteiger partial charge on any atom is -0.267 e. The molecule has 0 aliphatic rings. The van der Waals surface area contributed by atoms with Crippen LogP contribution >= 0.6 is 0 Å². The third kappa shape index (κ3) is 3.98. The van der Waals surface area contributed by atoms with Crippen molar-refractivity contribution in [2.45, 2.75) is 6.92 Å². The summed E-state index contributed by atoms with van der Waals surface area (Å²) in [4.78, 5) is 32.5. The van der Waals surface area contributed by atoms with Crippen LogP contribution < -0.4 is 5.43 Å². The van der Waals surface area contributed by atoms with Crippen LogP contribution in [0.2, 0.25) is 0 Å². The number of non-ortho nitro benzene ring substituents is 2. The molecule has 0 bridgehead atoms. The van der Waals surface area contributed by atoms with Crippen LogP contribution in [0.4, 0.5) is 11.4 Å². The van der Waals surface area contributed by atoms with E-state index in [0.717, 1.165) is 34.5 Å². The number of amides is 1. The number of hydrogen-bond acceptors (Lipinski definition) is 6. The highest BCUT2D eigenvalue weighted by atomic mass is 16.6. The first-order valence-corrected chi connectivity index (χ1v) is 8.13. The Morgan fingerprint density at radius 1 is 0.857 bits per heavy atom. The van der Waals surface area contributed by atoms with Crippen LogP contribution in [0.3, 0.4) is 0 Å². The van der Waals surface area contributed by atoms with Gasteiger partial charge in [-0.25, -0.2) is 5.43 Å². The summed E-state index contributed by atoms with van der Waals surface area (Å²) in [6.07, 6.45) is 0. The van der Waals surface area contributed by atoms with Gasteiger partial charge in [0.25, 0.3) is 17.3 Å². The van der Waals surface area contributed by atoms with Gasteiger partial charge >= 0.3 is 0 Å². The van der Waals surface area contributed by atoms with Crippen LogP contribution in [0, 0.1) is 20.2 Å². The molecule has 0 fully saturated rings. The van der Waals surface area contributed by atoms with Gasteiger partial charge in [-0.05, 0) is 29.3 Å². The van der Waals surface area contributed by atoms with Crippen molar-refractivity contribution in [3.05, 3.63) is 92.0 Å². The topological polar surface area (TPSA) is 128 Å². The predicted molar refractivity (Wildman–Crippen MR) is 103 cm³/mol. The van der Waals surface area contributed by atoms with E-state index in [1.54, 1.807) is 6.92 Å². The molecule has 1 N–H and O–H groups in total. The molecule has 0 radical (unpaired) electrons. The van der Waals surface area contributed by atoms with E-state index in [2.05, 4.69) is 10.5 Å². The fourth-order valence-corrected chi connectivity index (χ4v) is 2.62. The molecule has 140 valence electrons. The van der Waals surface area contributed by atoms with Gasteiger partial charge in [-0.15, -0.1) is 0 Å². The molecular formula is C19H14N4O5. The molecule has 3 aromatic carbocycles. The molecular weight excluding hydrogens is 364 g/mol. The molecule has 0 spiro atoms. The summed E-state index contributed by atoms with van der Waals surface area (Å²) >= 11 is 0. The molecule has 9 nitrogen and oxygen atoms in total. The molecule has 3 aromatic rings. The minimum atomic E-state index is -0.798. The number of nitrogens with one attached hydrogen (secondary N) is 1. The van der Waals surface area contributed by atoms with Crippen LogP contribution in [0.1, 0.15) is 22.8 Å². The first kappa shape index (κ1) is 18.6. The fourth-order valence-electron chi connectivity index (χ4n) is 2.62. The van der Waals surface area contributed by atoms with Crippen molar-refractivity contribution in [1.82, 2.24) is 5.43 Å². The van der Waals surface area contributed by atoms with Gasteiger partial charge in [0.1, 0.15) is 0 Å². The Labute approximate surface area is 158 Å². The van der Waals surface area contributed by atoms with E-state index >= 15 is 0 Å². The van der Waals surface area contributed by atoms with E-state index in [1.165, 1.54) is 0 Å². The Balaban J connectivity index is 1.85. The molecule has 1 amide bonds. The van der Waals surface area contributed by atoms with Gasteiger partial charge in [-0.1, -0.05) is 36.4 Å². The fraction of sp³-hybridized carbons (Fsp3) is 0.0526. The van der Waals surface area contributed by atoms with Crippen molar-refractivity contribution in [2.24, 2.45) is 5.10 Å². The molecule has 0 aromatic heterocycles. The summed E-state index contributed by atoms with van der Waals surface area (Å²) in [7, 11) is 0. The van der Waals surface area contributed by atoms with E-state index in [9.17, 15) is 25.0 Å². The maximum Gasteiger partial charge on any atom is 0.277 e. The largest absolute Gasteiger partial charge is 0.277 e. The van der Waals surface area contributed by atoms with Crippen LogP contribution in [0.5, 0.6) is 0 Å². The molecule has 28 heavy (non-hydrogen) atoms. The van der Waals surface area contributed by atoms with Crippen molar-refractivity contribution in [2.75, 3.05) is 0 Å². The van der Waals surface area contributed by atoms with Gasteiger partial charge in [-0.3, -0.25) is 25.0 Å². The average molecular weight is 378 g/mol. The highest BCUT2D eigenvalue weighted by molar-refractivity contribution is 6.03. The number of nitrogens with zero attached hydrogens (tertiary/aromatic N) is 3. The van der Waals surface area contributed by atoms with Crippen molar-refractivity contribution < 1.29 is 14.6 Å². The SMILES string of the molecule is CC(=NNC(=O)c1cc([N+](=O)[O-])cc([N+](=O)[O-])c1)c1ccc2ccccc2c1. The maximum atomic E-state index is 12.3. The van der Waals surface area contributed by atoms with E-state index < -0.39 is 27.1 Å². The summed E-state index contributed by atoms with van der Waals surface area (Å²) in [6.45, 7) is 1.69. The number of carbonyl (C=O) groups excluding carboxylic acids is 1. The third-order valence-corrected chi connectivity index (χ3v) is 4.08. The number of nitro benzene ring substituents is 2. The van der Waals surface area contributed by atoms with Crippen molar-refractivity contribution >= 4 is 33.8 Å². The molecule has 0 unspecified atom stereocenters. The molecule has 0 saturated heterocycles. The molecule has 0 saturated carbocycles. The smallest absolute Gasteiger partial charge is 0.267 e. The first-order valence-electron chi connectivity index (χ1n) is 8.13. The van der Waals surface area contributed by atoms with Crippen LogP contribution in [-0.2, 0) is 0 Å². The molecule has 0 heterocycles. The highest BCUT2D eigenvalue weighted by Crippen LogP contribution is 2.22. The first-order chi connectivity index (χ1) is 13.3. The van der Waals surface area contributed by atoms with Crippen LogP contribution in [0.15, 0.2) is 65.8 Å². The molecule has 0 atom stereocenters. The van der Waals surface area contributed by atoms with E-state index in [1.807, 2.05) is 42.5 Å². The number of hydrazone groups is 1. The lowest BCUT2D eigenvalue weighted by Crippen LogP contribution is -2.19. The van der Waals surface area contributed by atoms with Crippen LogP contribution in [0.25, 0.3) is 10.8 Å². The van der Waals surface area contributed by atoms with E-state index in [0.29, 0.717) is 5.71 Å². The Bertz CT molecular complexity index is 1110. The van der Waals surface area contributed by atoms with Gasteiger partial charge < -0.3 is 0 Å². The zero-order valence-corrected chi connectivity index (χ0v) is 14.7. The zero-order chi connectivity index (χ0) is 20.3. The Morgan fingerprint density at radius 2 is 1.46 bits per heavy atom. The second-order valence-electron chi connectivity index (χ2n) is 5.95. The normalized spacial score (nSPS) is 11.2. The summed E-state index contributed by atoms with van der Waals surface area (Å²) in [5.41, 5.74) is 2.26. The van der Waals surface area contributed by atoms with Gasteiger partial charge in [0.15, 0.2) is 0 Å². The minimum absolute atomic E-state index is 0.226. The monoisotopic (exact) mass is 378 g/mol. The zero-order valence-electron chi connectivity index (χ0n) is 14.7. The molecule has 0 aliphatic heterocycles. The van der Waals surface area contributed by atoms with Gasteiger partial charge in [0.05, 0.1) is 27.2 Å². The van der Waals surface area contributed by atoms with E-state index in [4.69, 9.17) is 0 Å².